The lowest BCUT2D eigenvalue weighted by Gasteiger charge is -2.22. The Morgan fingerprint density at radius 1 is 0.821 bits per heavy atom. The first-order valence-corrected chi connectivity index (χ1v) is 9.07. The van der Waals surface area contributed by atoms with Crippen molar-refractivity contribution in [2.75, 3.05) is 5.32 Å². The Labute approximate surface area is 162 Å². The Morgan fingerprint density at radius 3 is 2.36 bits per heavy atom. The van der Waals surface area contributed by atoms with Crippen LogP contribution in [0.5, 0.6) is 5.75 Å². The topological polar surface area (TPSA) is 58.0 Å². The van der Waals surface area contributed by atoms with Crippen LogP contribution in [-0.2, 0) is 0 Å². The van der Waals surface area contributed by atoms with Crippen LogP contribution >= 0.6 is 0 Å². The summed E-state index contributed by atoms with van der Waals surface area (Å²) in [6.45, 7) is 3.76. The summed E-state index contributed by atoms with van der Waals surface area (Å²) < 4.78 is 14.7. The molecule has 0 amide bonds. The first kappa shape index (κ1) is 17.9. The highest BCUT2D eigenvalue weighted by molar-refractivity contribution is 5.86. The van der Waals surface area contributed by atoms with Crippen molar-refractivity contribution in [3.63, 3.8) is 0 Å². The summed E-state index contributed by atoms with van der Waals surface area (Å²) in [6, 6.07) is 19.0. The van der Waals surface area contributed by atoms with Gasteiger partial charge in [0.05, 0.1) is 6.04 Å². The van der Waals surface area contributed by atoms with E-state index in [0.717, 1.165) is 16.8 Å². The number of aryl methyl sites for hydroxylation is 2. The SMILES string of the molecule is Cc1cccc(N[C@@H](c2ccccc2F)c2ccc3ccc(C)nc3c2O)n1. The molecule has 0 aliphatic heterocycles. The largest absolute Gasteiger partial charge is 0.505 e. The van der Waals surface area contributed by atoms with Crippen molar-refractivity contribution < 1.29 is 9.50 Å². The average Bonchev–Trinajstić information content (AvgIpc) is 2.68. The van der Waals surface area contributed by atoms with Gasteiger partial charge in [0.2, 0.25) is 0 Å². The predicted octanol–water partition coefficient (Wildman–Crippen LogP) is 5.29. The Hall–Kier alpha value is -3.47. The third-order valence-corrected chi connectivity index (χ3v) is 4.71. The number of hydrogen-bond acceptors (Lipinski definition) is 4. The molecular weight excluding hydrogens is 353 g/mol. The molecule has 0 fully saturated rings. The zero-order valence-corrected chi connectivity index (χ0v) is 15.6. The van der Waals surface area contributed by atoms with E-state index < -0.39 is 6.04 Å². The number of anilines is 1. The van der Waals surface area contributed by atoms with Crippen LogP contribution in [0.3, 0.4) is 0 Å². The molecule has 0 aliphatic rings. The lowest BCUT2D eigenvalue weighted by molar-refractivity contribution is 0.470. The predicted molar refractivity (Wildman–Crippen MR) is 109 cm³/mol. The minimum Gasteiger partial charge on any atom is -0.505 e. The van der Waals surface area contributed by atoms with E-state index in [1.54, 1.807) is 24.3 Å². The van der Waals surface area contributed by atoms with Crippen molar-refractivity contribution in [1.29, 1.82) is 0 Å². The molecule has 0 spiro atoms. The maximum Gasteiger partial charge on any atom is 0.147 e. The van der Waals surface area contributed by atoms with Gasteiger partial charge in [-0.2, -0.15) is 0 Å². The number of pyridine rings is 2. The second kappa shape index (κ2) is 7.27. The molecule has 140 valence electrons. The number of fused-ring (bicyclic) bond motifs is 1. The molecule has 0 unspecified atom stereocenters. The number of rotatable bonds is 4. The van der Waals surface area contributed by atoms with Crippen LogP contribution < -0.4 is 5.32 Å². The summed E-state index contributed by atoms with van der Waals surface area (Å²) in [5.41, 5.74) is 3.11. The fraction of sp³-hybridized carbons (Fsp3) is 0.130. The van der Waals surface area contributed by atoms with Crippen molar-refractivity contribution in [2.45, 2.75) is 19.9 Å². The summed E-state index contributed by atoms with van der Waals surface area (Å²) in [6.07, 6.45) is 0. The summed E-state index contributed by atoms with van der Waals surface area (Å²) in [7, 11) is 0. The average molecular weight is 373 g/mol. The van der Waals surface area contributed by atoms with Gasteiger partial charge in [-0.15, -0.1) is 0 Å². The van der Waals surface area contributed by atoms with Crippen molar-refractivity contribution >= 4 is 16.7 Å². The molecule has 28 heavy (non-hydrogen) atoms. The molecule has 2 N–H and O–H groups in total. The fourth-order valence-corrected chi connectivity index (χ4v) is 3.32. The number of aromatic hydroxyl groups is 1. The van der Waals surface area contributed by atoms with Crippen LogP contribution in [0.25, 0.3) is 10.9 Å². The fourth-order valence-electron chi connectivity index (χ4n) is 3.32. The summed E-state index contributed by atoms with van der Waals surface area (Å²) >= 11 is 0. The molecule has 5 heteroatoms. The van der Waals surface area contributed by atoms with Gasteiger partial charge in [-0.05, 0) is 38.1 Å². The second-order valence-electron chi connectivity index (χ2n) is 6.79. The van der Waals surface area contributed by atoms with E-state index in [4.69, 9.17) is 0 Å². The number of nitrogens with one attached hydrogen (secondary N) is 1. The van der Waals surface area contributed by atoms with Gasteiger partial charge >= 0.3 is 0 Å². The summed E-state index contributed by atoms with van der Waals surface area (Å²) in [5, 5.41) is 15.1. The Kier molecular flexibility index (Phi) is 4.65. The van der Waals surface area contributed by atoms with E-state index in [1.807, 2.05) is 50.2 Å². The molecule has 2 aromatic heterocycles. The number of nitrogens with zero attached hydrogens (tertiary/aromatic N) is 2. The molecule has 2 heterocycles. The third-order valence-electron chi connectivity index (χ3n) is 4.71. The van der Waals surface area contributed by atoms with Crippen LogP contribution in [0.2, 0.25) is 0 Å². The van der Waals surface area contributed by atoms with Crippen LogP contribution in [-0.4, -0.2) is 15.1 Å². The van der Waals surface area contributed by atoms with E-state index in [2.05, 4.69) is 15.3 Å². The minimum absolute atomic E-state index is 0.0367. The van der Waals surface area contributed by atoms with Gasteiger partial charge < -0.3 is 10.4 Å². The number of hydrogen-bond donors (Lipinski definition) is 2. The highest BCUT2D eigenvalue weighted by Crippen LogP contribution is 2.37. The number of halogens is 1. The maximum absolute atomic E-state index is 14.7. The number of benzene rings is 2. The van der Waals surface area contributed by atoms with Crippen LogP contribution in [0.4, 0.5) is 10.2 Å². The van der Waals surface area contributed by atoms with Gasteiger partial charge in [0.1, 0.15) is 22.9 Å². The molecule has 2 aromatic carbocycles. The van der Waals surface area contributed by atoms with E-state index in [9.17, 15) is 9.50 Å². The highest BCUT2D eigenvalue weighted by atomic mass is 19.1. The van der Waals surface area contributed by atoms with E-state index in [1.165, 1.54) is 6.07 Å². The van der Waals surface area contributed by atoms with Crippen molar-refractivity contribution in [3.05, 3.63) is 95.1 Å². The highest BCUT2D eigenvalue weighted by Gasteiger charge is 2.23. The van der Waals surface area contributed by atoms with Gasteiger partial charge in [-0.25, -0.2) is 14.4 Å². The Bertz CT molecular complexity index is 1160. The van der Waals surface area contributed by atoms with Gasteiger partial charge in [-0.3, -0.25) is 0 Å². The maximum atomic E-state index is 14.7. The molecule has 0 saturated heterocycles. The quantitative estimate of drug-likeness (QED) is 0.510. The monoisotopic (exact) mass is 373 g/mol. The van der Waals surface area contributed by atoms with Crippen LogP contribution in [0, 0.1) is 19.7 Å². The minimum atomic E-state index is -0.623. The Balaban J connectivity index is 1.89. The molecule has 1 atom stereocenters. The van der Waals surface area contributed by atoms with Gasteiger partial charge in [0.25, 0.3) is 0 Å². The molecule has 4 rings (SSSR count). The van der Waals surface area contributed by atoms with Crippen LogP contribution in [0.1, 0.15) is 28.6 Å². The zero-order chi connectivity index (χ0) is 19.7. The molecule has 0 saturated carbocycles. The Morgan fingerprint density at radius 2 is 1.57 bits per heavy atom. The number of aromatic nitrogens is 2. The molecule has 0 radical (unpaired) electrons. The molecule has 4 aromatic rings. The lowest BCUT2D eigenvalue weighted by atomic mass is 9.95. The third kappa shape index (κ3) is 3.39. The number of phenols is 1. The zero-order valence-electron chi connectivity index (χ0n) is 15.6. The molecule has 0 bridgehead atoms. The first-order chi connectivity index (χ1) is 13.5. The van der Waals surface area contributed by atoms with Gasteiger partial charge in [0, 0.05) is 27.9 Å². The van der Waals surface area contributed by atoms with Crippen molar-refractivity contribution in [1.82, 2.24) is 9.97 Å². The van der Waals surface area contributed by atoms with Gasteiger partial charge in [0.15, 0.2) is 0 Å². The molecule has 4 nitrogen and oxygen atoms in total. The van der Waals surface area contributed by atoms with Crippen molar-refractivity contribution in [3.8, 4) is 5.75 Å². The first-order valence-electron chi connectivity index (χ1n) is 9.07. The second-order valence-corrected chi connectivity index (χ2v) is 6.79. The summed E-state index contributed by atoms with van der Waals surface area (Å²) in [5.74, 6) is 0.281. The van der Waals surface area contributed by atoms with Crippen molar-refractivity contribution in [2.24, 2.45) is 0 Å². The van der Waals surface area contributed by atoms with E-state index >= 15 is 0 Å². The smallest absolute Gasteiger partial charge is 0.147 e. The normalized spacial score (nSPS) is 12.1. The summed E-state index contributed by atoms with van der Waals surface area (Å²) in [4.78, 5) is 8.94. The lowest BCUT2D eigenvalue weighted by Crippen LogP contribution is -2.15. The number of phenolic OH excluding ortho intramolecular Hbond substituents is 1. The van der Waals surface area contributed by atoms with E-state index in [-0.39, 0.29) is 11.6 Å². The molecular formula is C23H20FN3O. The van der Waals surface area contributed by atoms with Gasteiger partial charge in [-0.1, -0.05) is 42.5 Å². The molecule has 0 aliphatic carbocycles. The standard InChI is InChI=1S/C23H20FN3O/c1-14-6-5-9-20(25-14)27-22(17-7-3-4-8-19(17)24)18-13-12-16-11-10-15(2)26-21(16)23(18)28/h3-13,22,28H,1-2H3,(H,25,27)/t22-/m0/s1. The van der Waals surface area contributed by atoms with Crippen LogP contribution in [0.15, 0.2) is 66.7 Å². The van der Waals surface area contributed by atoms with E-state index in [0.29, 0.717) is 22.5 Å².